The fourth-order valence-electron chi connectivity index (χ4n) is 5.85. The zero-order valence-corrected chi connectivity index (χ0v) is 24.7. The molecule has 0 radical (unpaired) electrons. The molecule has 3 aromatic heterocycles. The Balaban J connectivity index is 1.18. The number of pyridine rings is 2. The molecule has 0 spiro atoms. The minimum absolute atomic E-state index is 0.0411. The van der Waals surface area contributed by atoms with E-state index in [9.17, 15) is 26.7 Å². The maximum atomic E-state index is 14.7. The van der Waals surface area contributed by atoms with Crippen LogP contribution in [0.5, 0.6) is 11.5 Å². The lowest BCUT2D eigenvalue weighted by Gasteiger charge is -2.33. The number of carbonyl (C=O) groups excluding carboxylic acids is 1. The lowest BCUT2D eigenvalue weighted by Crippen LogP contribution is -2.44. The van der Waals surface area contributed by atoms with Crippen molar-refractivity contribution in [1.29, 1.82) is 0 Å². The van der Waals surface area contributed by atoms with Crippen molar-refractivity contribution in [2.24, 2.45) is 0 Å². The van der Waals surface area contributed by atoms with Crippen LogP contribution < -0.4 is 10.1 Å². The molecule has 1 aromatic carbocycles. The number of aromatic nitrogens is 3. The molecule has 238 valence electrons. The second kappa shape index (κ2) is 12.2. The highest BCUT2D eigenvalue weighted by molar-refractivity contribution is 5.89. The molecular weight excluding hydrogens is 597 g/mol. The number of benzene rings is 1. The van der Waals surface area contributed by atoms with E-state index in [2.05, 4.69) is 25.2 Å². The molecule has 0 bridgehead atoms. The number of alkyl halides is 4. The summed E-state index contributed by atoms with van der Waals surface area (Å²) in [5.74, 6) is -0.880. The standard InChI is InChI=1S/C31H32F5N7O2/c1-18-15-43(30(44)40-21-4-3-19(25(11-21)31(34,35)36)16-42-7-5-41(2)6-8-42)17-20-9-23(13-37-27(18)20)45-28-24-10-22(12-32)39-29(24)38-14-26(28)33/h3-4,9-11,13-14,18H,5-8,12,15-17H2,1-2H3,(H,38,39)(H,40,44)/t18-/m0/s1. The van der Waals surface area contributed by atoms with Gasteiger partial charge in [-0.25, -0.2) is 18.6 Å². The normalized spacial score (nSPS) is 17.8. The third-order valence-electron chi connectivity index (χ3n) is 8.23. The largest absolute Gasteiger partial charge is 0.452 e. The van der Waals surface area contributed by atoms with E-state index in [0.29, 0.717) is 18.7 Å². The predicted octanol–water partition coefficient (Wildman–Crippen LogP) is 6.28. The number of ether oxygens (including phenoxy) is 1. The van der Waals surface area contributed by atoms with Gasteiger partial charge < -0.3 is 24.8 Å². The molecule has 2 aliphatic heterocycles. The zero-order chi connectivity index (χ0) is 31.9. The number of carbonyl (C=O) groups is 1. The van der Waals surface area contributed by atoms with Crippen LogP contribution >= 0.6 is 0 Å². The number of halogens is 5. The van der Waals surface area contributed by atoms with E-state index in [1.165, 1.54) is 29.3 Å². The SMILES string of the molecule is C[C@H]1CN(C(=O)Nc2ccc(CN3CCN(C)CC3)c(C(F)(F)F)c2)Cc2cc(Oc3c(F)cnc4[nH]c(CF)cc34)cnc21. The summed E-state index contributed by atoms with van der Waals surface area (Å²) in [5.41, 5.74) is 1.28. The Morgan fingerprint density at radius 1 is 1.11 bits per heavy atom. The first kappa shape index (κ1) is 30.7. The van der Waals surface area contributed by atoms with Gasteiger partial charge in [0.15, 0.2) is 11.6 Å². The molecule has 5 heterocycles. The summed E-state index contributed by atoms with van der Waals surface area (Å²) in [4.78, 5) is 30.1. The molecule has 1 fully saturated rings. The second-order valence-corrected chi connectivity index (χ2v) is 11.6. The summed E-state index contributed by atoms with van der Waals surface area (Å²) in [6.45, 7) is 4.58. The van der Waals surface area contributed by atoms with Crippen LogP contribution in [-0.4, -0.2) is 75.5 Å². The lowest BCUT2D eigenvalue weighted by atomic mass is 9.96. The molecule has 45 heavy (non-hydrogen) atoms. The second-order valence-electron chi connectivity index (χ2n) is 11.6. The fraction of sp³-hybridized carbons (Fsp3) is 0.387. The smallest absolute Gasteiger partial charge is 0.416 e. The average Bonchev–Trinajstić information content (AvgIpc) is 3.44. The topological polar surface area (TPSA) is 89.6 Å². The van der Waals surface area contributed by atoms with E-state index in [1.807, 2.05) is 18.9 Å². The Hall–Kier alpha value is -4.30. The molecule has 9 nitrogen and oxygen atoms in total. The Morgan fingerprint density at radius 2 is 1.89 bits per heavy atom. The van der Waals surface area contributed by atoms with Crippen LogP contribution in [-0.2, 0) is 25.9 Å². The van der Waals surface area contributed by atoms with Crippen molar-refractivity contribution >= 4 is 22.8 Å². The van der Waals surface area contributed by atoms with Gasteiger partial charge >= 0.3 is 12.2 Å². The van der Waals surface area contributed by atoms with Gasteiger partial charge in [-0.2, -0.15) is 13.2 Å². The van der Waals surface area contributed by atoms with E-state index >= 15 is 0 Å². The highest BCUT2D eigenvalue weighted by Crippen LogP contribution is 2.37. The number of amides is 2. The predicted molar refractivity (Wildman–Crippen MR) is 157 cm³/mol. The van der Waals surface area contributed by atoms with Crippen LogP contribution in [0.15, 0.2) is 42.7 Å². The molecule has 6 rings (SSSR count). The minimum Gasteiger partial charge on any atom is -0.452 e. The van der Waals surface area contributed by atoms with Gasteiger partial charge in [0.2, 0.25) is 0 Å². The van der Waals surface area contributed by atoms with Crippen LogP contribution in [0.3, 0.4) is 0 Å². The molecule has 4 aromatic rings. The van der Waals surface area contributed by atoms with Crippen molar-refractivity contribution in [2.75, 3.05) is 45.1 Å². The summed E-state index contributed by atoms with van der Waals surface area (Å²) in [6, 6.07) is 6.40. The van der Waals surface area contributed by atoms with Crippen molar-refractivity contribution in [1.82, 2.24) is 29.7 Å². The first-order valence-electron chi connectivity index (χ1n) is 14.5. The van der Waals surface area contributed by atoms with Gasteiger partial charge in [-0.05, 0) is 42.4 Å². The number of fused-ring (bicyclic) bond motifs is 2. The Kier molecular flexibility index (Phi) is 8.35. The summed E-state index contributed by atoms with van der Waals surface area (Å²) < 4.78 is 75.9. The number of hydrogen-bond acceptors (Lipinski definition) is 6. The number of urea groups is 1. The monoisotopic (exact) mass is 629 g/mol. The average molecular weight is 630 g/mol. The number of nitrogens with one attached hydrogen (secondary N) is 2. The summed E-state index contributed by atoms with van der Waals surface area (Å²) in [7, 11) is 1.98. The van der Waals surface area contributed by atoms with Crippen LogP contribution in [0.25, 0.3) is 11.0 Å². The molecule has 0 saturated carbocycles. The van der Waals surface area contributed by atoms with Gasteiger partial charge in [0.05, 0.1) is 29.0 Å². The van der Waals surface area contributed by atoms with Gasteiger partial charge in [-0.1, -0.05) is 13.0 Å². The van der Waals surface area contributed by atoms with Crippen molar-refractivity contribution in [3.05, 3.63) is 76.6 Å². The molecule has 1 atom stereocenters. The Bertz CT molecular complexity index is 1720. The number of likely N-dealkylation sites (N-methyl/N-ethyl adjacent to an activating group) is 1. The Labute approximate surface area is 256 Å². The quantitative estimate of drug-likeness (QED) is 0.244. The van der Waals surface area contributed by atoms with Crippen molar-refractivity contribution in [3.8, 4) is 11.5 Å². The third-order valence-corrected chi connectivity index (χ3v) is 8.23. The van der Waals surface area contributed by atoms with Crippen molar-refractivity contribution in [3.63, 3.8) is 0 Å². The lowest BCUT2D eigenvalue weighted by molar-refractivity contribution is -0.138. The van der Waals surface area contributed by atoms with Crippen LogP contribution in [0.2, 0.25) is 0 Å². The molecule has 2 aliphatic rings. The van der Waals surface area contributed by atoms with Gasteiger partial charge in [0, 0.05) is 63.1 Å². The zero-order valence-electron chi connectivity index (χ0n) is 24.7. The Morgan fingerprint density at radius 3 is 2.62 bits per heavy atom. The number of aromatic amines is 1. The van der Waals surface area contributed by atoms with E-state index in [0.717, 1.165) is 31.0 Å². The van der Waals surface area contributed by atoms with Crippen molar-refractivity contribution in [2.45, 2.75) is 38.8 Å². The van der Waals surface area contributed by atoms with E-state index in [-0.39, 0.29) is 65.0 Å². The van der Waals surface area contributed by atoms with Gasteiger partial charge in [0.25, 0.3) is 0 Å². The molecule has 2 N–H and O–H groups in total. The van der Waals surface area contributed by atoms with E-state index in [4.69, 9.17) is 4.74 Å². The first-order valence-corrected chi connectivity index (χ1v) is 14.5. The number of nitrogens with zero attached hydrogens (tertiary/aromatic N) is 5. The molecule has 0 aliphatic carbocycles. The van der Waals surface area contributed by atoms with E-state index in [1.54, 1.807) is 6.07 Å². The summed E-state index contributed by atoms with van der Waals surface area (Å²) >= 11 is 0. The summed E-state index contributed by atoms with van der Waals surface area (Å²) in [5, 5.41) is 2.89. The number of piperazine rings is 1. The molecular formula is C31H32F5N7O2. The molecule has 1 saturated heterocycles. The number of hydrogen-bond donors (Lipinski definition) is 2. The van der Waals surface area contributed by atoms with E-state index < -0.39 is 30.3 Å². The van der Waals surface area contributed by atoms with Gasteiger partial charge in [0.1, 0.15) is 18.1 Å². The molecule has 14 heteroatoms. The molecule has 2 amide bonds. The number of H-pyrrole nitrogens is 1. The van der Waals surface area contributed by atoms with Crippen molar-refractivity contribution < 1.29 is 31.5 Å². The third kappa shape index (κ3) is 6.57. The van der Waals surface area contributed by atoms with Crippen LogP contribution in [0.4, 0.5) is 32.4 Å². The maximum Gasteiger partial charge on any atom is 0.416 e. The highest BCUT2D eigenvalue weighted by atomic mass is 19.4. The molecule has 0 unspecified atom stereocenters. The fourth-order valence-corrected chi connectivity index (χ4v) is 5.85. The van der Waals surface area contributed by atoms with Crippen LogP contribution in [0, 0.1) is 5.82 Å². The van der Waals surface area contributed by atoms with Crippen LogP contribution in [0.1, 0.15) is 40.9 Å². The highest BCUT2D eigenvalue weighted by Gasteiger charge is 2.35. The number of anilines is 1. The first-order chi connectivity index (χ1) is 21.5. The maximum absolute atomic E-state index is 14.7. The number of rotatable bonds is 6. The van der Waals surface area contributed by atoms with Gasteiger partial charge in [-0.3, -0.25) is 9.88 Å². The summed E-state index contributed by atoms with van der Waals surface area (Å²) in [6.07, 6.45) is -2.17. The van der Waals surface area contributed by atoms with Gasteiger partial charge in [-0.15, -0.1) is 0 Å². The minimum atomic E-state index is -4.59.